The van der Waals surface area contributed by atoms with E-state index in [1.807, 2.05) is 6.92 Å². The highest BCUT2D eigenvalue weighted by molar-refractivity contribution is 5.86. The molecule has 4 bridgehead atoms. The number of aromatic nitrogens is 1. The first-order valence-corrected chi connectivity index (χ1v) is 10.1. The average Bonchev–Trinajstić information content (AvgIpc) is 2.87. The lowest BCUT2D eigenvalue weighted by molar-refractivity contribution is -0.174. The highest BCUT2D eigenvalue weighted by Crippen LogP contribution is 2.51. The van der Waals surface area contributed by atoms with Crippen molar-refractivity contribution >= 4 is 16.8 Å². The van der Waals surface area contributed by atoms with Crippen molar-refractivity contribution in [3.8, 4) is 0 Å². The largest absolute Gasteiger partial charge is 0.390 e. The van der Waals surface area contributed by atoms with E-state index in [0.717, 1.165) is 54.3 Å². The lowest BCUT2D eigenvalue weighted by atomic mass is 9.61. The predicted molar refractivity (Wildman–Crippen MR) is 102 cm³/mol. The van der Waals surface area contributed by atoms with Crippen molar-refractivity contribution in [2.75, 3.05) is 0 Å². The van der Waals surface area contributed by atoms with Gasteiger partial charge in [-0.15, -0.1) is 0 Å². The van der Waals surface area contributed by atoms with Crippen LogP contribution in [0.3, 0.4) is 0 Å². The van der Waals surface area contributed by atoms with Gasteiger partial charge >= 0.3 is 0 Å². The van der Waals surface area contributed by atoms with E-state index in [1.54, 1.807) is 12.1 Å². The molecular weight excluding hydrogens is 343 g/mol. The molecule has 3 unspecified atom stereocenters. The molecule has 5 heteroatoms. The van der Waals surface area contributed by atoms with Crippen LogP contribution >= 0.6 is 0 Å². The van der Waals surface area contributed by atoms with Crippen LogP contribution in [0.4, 0.5) is 4.39 Å². The quantitative estimate of drug-likeness (QED) is 0.858. The van der Waals surface area contributed by atoms with Gasteiger partial charge in [0.15, 0.2) is 0 Å². The monoisotopic (exact) mass is 370 g/mol. The third-order valence-electron chi connectivity index (χ3n) is 7.16. The van der Waals surface area contributed by atoms with Crippen molar-refractivity contribution in [2.24, 2.45) is 5.92 Å². The number of aryl methyl sites for hydroxylation is 1. The Morgan fingerprint density at radius 3 is 2.70 bits per heavy atom. The normalized spacial score (nSPS) is 33.0. The molecular formula is C22H27FN2O2. The van der Waals surface area contributed by atoms with E-state index >= 15 is 0 Å². The number of hydrogen-bond acceptors (Lipinski definition) is 2. The van der Waals surface area contributed by atoms with Crippen LogP contribution < -0.4 is 0 Å². The molecule has 3 heterocycles. The Kier molecular flexibility index (Phi) is 3.71. The minimum atomic E-state index is -0.538. The summed E-state index contributed by atoms with van der Waals surface area (Å²) >= 11 is 0. The van der Waals surface area contributed by atoms with E-state index in [1.165, 1.54) is 6.07 Å². The maximum Gasteiger partial charge on any atom is 0.223 e. The zero-order chi connectivity index (χ0) is 18.9. The summed E-state index contributed by atoms with van der Waals surface area (Å²) < 4.78 is 13.8. The number of nitrogens with one attached hydrogen (secondary N) is 1. The standard InChI is InChI=1S/C22H27FN2O2/c1-12(21-13(2)24-19-4-3-15(23)8-18(19)21)5-20(26)25-16-6-14-7-17(25)11-22(27,9-14)10-16/h3-4,8,12,14,16-17,24,27H,5-7,9-11H2,1-2H3. The van der Waals surface area contributed by atoms with Crippen LogP contribution in [0, 0.1) is 18.7 Å². The number of amides is 1. The van der Waals surface area contributed by atoms with Gasteiger partial charge < -0.3 is 15.0 Å². The lowest BCUT2D eigenvalue weighted by Gasteiger charge is -2.59. The number of piperidine rings is 2. The zero-order valence-electron chi connectivity index (χ0n) is 16.0. The van der Waals surface area contributed by atoms with Crippen LogP contribution in [0.5, 0.6) is 0 Å². The molecule has 2 aliphatic carbocycles. The number of benzene rings is 1. The molecule has 1 aromatic heterocycles. The number of aromatic amines is 1. The van der Waals surface area contributed by atoms with E-state index in [-0.39, 0.29) is 29.7 Å². The van der Waals surface area contributed by atoms with Crippen LogP contribution in [0.2, 0.25) is 0 Å². The maximum atomic E-state index is 13.8. The Hall–Kier alpha value is -1.88. The third-order valence-corrected chi connectivity index (χ3v) is 7.16. The number of fused-ring (bicyclic) bond motifs is 1. The fraction of sp³-hybridized carbons (Fsp3) is 0.591. The fourth-order valence-electron chi connectivity index (χ4n) is 6.42. The number of halogens is 1. The van der Waals surface area contributed by atoms with Gasteiger partial charge in [0.05, 0.1) is 5.60 Å². The first-order chi connectivity index (χ1) is 12.8. The second-order valence-corrected chi connectivity index (χ2v) is 9.24. The second-order valence-electron chi connectivity index (χ2n) is 9.24. The van der Waals surface area contributed by atoms with E-state index < -0.39 is 5.60 Å². The Morgan fingerprint density at radius 1 is 1.33 bits per heavy atom. The van der Waals surface area contributed by atoms with Gasteiger partial charge in [-0.25, -0.2) is 4.39 Å². The number of rotatable bonds is 3. The number of carbonyl (C=O) groups is 1. The second kappa shape index (κ2) is 5.81. The van der Waals surface area contributed by atoms with Gasteiger partial charge in [-0.05, 0) is 74.6 Å². The van der Waals surface area contributed by atoms with Crippen molar-refractivity contribution in [3.63, 3.8) is 0 Å². The number of hydrogen-bond donors (Lipinski definition) is 2. The Balaban J connectivity index is 1.39. The average molecular weight is 370 g/mol. The van der Waals surface area contributed by atoms with Crippen LogP contribution in [-0.2, 0) is 4.79 Å². The van der Waals surface area contributed by atoms with Crippen molar-refractivity contribution in [2.45, 2.75) is 76.0 Å². The number of nitrogens with zero attached hydrogens (tertiary/aromatic N) is 1. The Bertz CT molecular complexity index is 904. The van der Waals surface area contributed by atoms with Crippen molar-refractivity contribution in [3.05, 3.63) is 35.3 Å². The van der Waals surface area contributed by atoms with E-state index in [4.69, 9.17) is 0 Å². The van der Waals surface area contributed by atoms with E-state index in [2.05, 4.69) is 16.8 Å². The summed E-state index contributed by atoms with van der Waals surface area (Å²) in [6.07, 6.45) is 4.89. The Labute approximate surface area is 158 Å². The van der Waals surface area contributed by atoms with Gasteiger partial charge in [0.1, 0.15) is 5.82 Å². The smallest absolute Gasteiger partial charge is 0.223 e. The minimum absolute atomic E-state index is 0.0216. The zero-order valence-corrected chi connectivity index (χ0v) is 16.0. The molecule has 2 N–H and O–H groups in total. The van der Waals surface area contributed by atoms with Gasteiger partial charge in [0.2, 0.25) is 5.91 Å². The molecule has 6 rings (SSSR count). The van der Waals surface area contributed by atoms with Crippen LogP contribution in [0.15, 0.2) is 18.2 Å². The molecule has 4 fully saturated rings. The van der Waals surface area contributed by atoms with Gasteiger partial charge in [0, 0.05) is 35.1 Å². The summed E-state index contributed by atoms with van der Waals surface area (Å²) in [5.74, 6) is 0.533. The summed E-state index contributed by atoms with van der Waals surface area (Å²) in [5, 5.41) is 11.6. The minimum Gasteiger partial charge on any atom is -0.390 e. The topological polar surface area (TPSA) is 56.3 Å². The number of aliphatic hydroxyl groups is 1. The van der Waals surface area contributed by atoms with Crippen LogP contribution in [-0.4, -0.2) is 38.6 Å². The molecule has 1 amide bonds. The summed E-state index contributed by atoms with van der Waals surface area (Å²) in [6, 6.07) is 5.18. The first-order valence-electron chi connectivity index (χ1n) is 10.1. The highest BCUT2D eigenvalue weighted by atomic mass is 19.1. The van der Waals surface area contributed by atoms with E-state index in [0.29, 0.717) is 12.3 Å². The molecule has 27 heavy (non-hydrogen) atoms. The SMILES string of the molecule is Cc1[nH]c2ccc(F)cc2c1C(C)CC(=O)N1C2CC3CC1CC(O)(C3)C2. The fourth-order valence-corrected chi connectivity index (χ4v) is 6.42. The summed E-state index contributed by atoms with van der Waals surface area (Å²) in [6.45, 7) is 4.05. The number of carbonyl (C=O) groups excluding carboxylic acids is 1. The van der Waals surface area contributed by atoms with Gasteiger partial charge in [-0.1, -0.05) is 6.92 Å². The molecule has 4 aliphatic rings. The first kappa shape index (κ1) is 17.2. The van der Waals surface area contributed by atoms with Gasteiger partial charge in [-0.3, -0.25) is 4.79 Å². The summed E-state index contributed by atoms with van der Waals surface area (Å²) in [7, 11) is 0. The summed E-state index contributed by atoms with van der Waals surface area (Å²) in [4.78, 5) is 18.6. The highest BCUT2D eigenvalue weighted by Gasteiger charge is 2.54. The lowest BCUT2D eigenvalue weighted by Crippen LogP contribution is -2.65. The number of H-pyrrole nitrogens is 1. The molecule has 2 aromatic rings. The molecule has 2 saturated heterocycles. The summed E-state index contributed by atoms with van der Waals surface area (Å²) in [5.41, 5.74) is 2.43. The molecule has 2 saturated carbocycles. The van der Waals surface area contributed by atoms with E-state index in [9.17, 15) is 14.3 Å². The predicted octanol–water partition coefficient (Wildman–Crippen LogP) is 4.01. The Morgan fingerprint density at radius 2 is 2.04 bits per heavy atom. The molecule has 1 aromatic carbocycles. The maximum absolute atomic E-state index is 13.8. The van der Waals surface area contributed by atoms with Gasteiger partial charge in [-0.2, -0.15) is 0 Å². The third kappa shape index (κ3) is 2.70. The van der Waals surface area contributed by atoms with Crippen molar-refractivity contribution < 1.29 is 14.3 Å². The molecule has 3 atom stereocenters. The van der Waals surface area contributed by atoms with Crippen LogP contribution in [0.1, 0.15) is 62.6 Å². The molecule has 144 valence electrons. The molecule has 0 radical (unpaired) electrons. The van der Waals surface area contributed by atoms with Crippen molar-refractivity contribution in [1.29, 1.82) is 0 Å². The molecule has 4 nitrogen and oxygen atoms in total. The molecule has 0 spiro atoms. The molecule has 2 aliphatic heterocycles. The van der Waals surface area contributed by atoms with Gasteiger partial charge in [0.25, 0.3) is 0 Å². The van der Waals surface area contributed by atoms with Crippen molar-refractivity contribution in [1.82, 2.24) is 9.88 Å². The van der Waals surface area contributed by atoms with Crippen LogP contribution in [0.25, 0.3) is 10.9 Å².